The van der Waals surface area contributed by atoms with E-state index >= 15 is 0 Å². The van der Waals surface area contributed by atoms with Gasteiger partial charge in [0.1, 0.15) is 0 Å². The van der Waals surface area contributed by atoms with Crippen LogP contribution in [0.25, 0.3) is 0 Å². The normalized spacial score (nSPS) is 22.8. The van der Waals surface area contributed by atoms with Crippen LogP contribution in [-0.2, 0) is 14.3 Å². The first kappa shape index (κ1) is 16.7. The zero-order valence-electron chi connectivity index (χ0n) is 14.5. The van der Waals surface area contributed by atoms with Crippen molar-refractivity contribution in [2.45, 2.75) is 77.9 Å². The maximum atomic E-state index is 6.33. The predicted octanol–water partition coefficient (Wildman–Crippen LogP) is 4.06. The maximum absolute atomic E-state index is 6.33. The van der Waals surface area contributed by atoms with Crippen molar-refractivity contribution in [3.63, 3.8) is 0 Å². The van der Waals surface area contributed by atoms with Gasteiger partial charge in [0.05, 0.1) is 11.2 Å². The van der Waals surface area contributed by atoms with Crippen molar-refractivity contribution in [3.05, 3.63) is 29.8 Å². The molecule has 1 saturated heterocycles. The van der Waals surface area contributed by atoms with E-state index in [0.717, 1.165) is 12.8 Å². The van der Waals surface area contributed by atoms with Crippen molar-refractivity contribution in [2.75, 3.05) is 0 Å². The van der Waals surface area contributed by atoms with Gasteiger partial charge in [0, 0.05) is 0 Å². The number of hydrogen-bond donors (Lipinski definition) is 0. The van der Waals surface area contributed by atoms with E-state index in [2.05, 4.69) is 72.7 Å². The minimum Gasteiger partial charge on any atom is -0.385 e. The van der Waals surface area contributed by atoms with Gasteiger partial charge in [-0.1, -0.05) is 45.0 Å². The monoisotopic (exact) mass is 305 g/mol. The predicted molar refractivity (Wildman–Crippen MR) is 90.1 cm³/mol. The Balaban J connectivity index is 2.26. The lowest BCUT2D eigenvalue weighted by Gasteiger charge is -2.27. The molecule has 1 fully saturated rings. The van der Waals surface area contributed by atoms with Crippen LogP contribution in [0.5, 0.6) is 0 Å². The second-order valence-corrected chi connectivity index (χ2v) is 9.90. The minimum absolute atomic E-state index is 0.106. The van der Waals surface area contributed by atoms with Crippen LogP contribution in [0.2, 0.25) is 0 Å². The van der Waals surface area contributed by atoms with Gasteiger partial charge in [-0.3, -0.25) is 0 Å². The first-order valence-corrected chi connectivity index (χ1v) is 9.16. The summed E-state index contributed by atoms with van der Waals surface area (Å²) in [5.74, 6) is 0. The first-order valence-electron chi connectivity index (χ1n) is 7.84. The third-order valence-corrected chi connectivity index (χ3v) is 6.33. The summed E-state index contributed by atoms with van der Waals surface area (Å²) in [6, 6.07) is 8.80. The van der Waals surface area contributed by atoms with Crippen LogP contribution in [0, 0.1) is 0 Å². The van der Waals surface area contributed by atoms with Crippen LogP contribution in [0.4, 0.5) is 0 Å². The molecule has 2 nitrogen and oxygen atoms in total. The van der Waals surface area contributed by atoms with Crippen LogP contribution in [0.3, 0.4) is 0 Å². The fourth-order valence-corrected chi connectivity index (χ4v) is 4.38. The van der Waals surface area contributed by atoms with Crippen molar-refractivity contribution in [1.82, 2.24) is 0 Å². The van der Waals surface area contributed by atoms with Crippen molar-refractivity contribution in [2.24, 2.45) is 0 Å². The van der Waals surface area contributed by atoms with Crippen LogP contribution in [-0.4, -0.2) is 20.5 Å². The van der Waals surface area contributed by atoms with Gasteiger partial charge in [-0.2, -0.15) is 0 Å². The second-order valence-electron chi connectivity index (χ2n) is 8.34. The lowest BCUT2D eigenvalue weighted by Crippen LogP contribution is -2.44. The van der Waals surface area contributed by atoms with Crippen LogP contribution in [0.1, 0.15) is 66.9 Å². The molecule has 1 aromatic carbocycles. The lowest BCUT2D eigenvalue weighted by atomic mass is 9.87. The Morgan fingerprint density at radius 3 is 1.67 bits per heavy atom. The molecule has 0 amide bonds. The standard InChI is InChI=1S/C18H29O2Si/c1-16(2,3)14-8-10-15(11-9-14)21-19-17(4,5)12-13-18(6,7)20-21/h8-11H,12-13H2,1-7H3. The van der Waals surface area contributed by atoms with Gasteiger partial charge in [0.25, 0.3) is 0 Å². The zero-order chi connectivity index (χ0) is 15.9. The van der Waals surface area contributed by atoms with E-state index < -0.39 is 9.28 Å². The number of benzene rings is 1. The zero-order valence-corrected chi connectivity index (χ0v) is 15.5. The summed E-state index contributed by atoms with van der Waals surface area (Å²) >= 11 is 0. The number of hydrogen-bond acceptors (Lipinski definition) is 2. The second kappa shape index (κ2) is 5.53. The van der Waals surface area contributed by atoms with E-state index in [4.69, 9.17) is 8.85 Å². The molecule has 0 aromatic heterocycles. The molecule has 0 unspecified atom stereocenters. The Hall–Kier alpha value is -0.643. The Bertz CT molecular complexity index is 465. The third-order valence-electron chi connectivity index (χ3n) is 4.05. The van der Waals surface area contributed by atoms with Gasteiger partial charge in [-0.05, 0) is 56.7 Å². The van der Waals surface area contributed by atoms with E-state index in [-0.39, 0.29) is 16.6 Å². The molecule has 2 rings (SSSR count). The molecule has 1 radical (unpaired) electrons. The molecule has 0 bridgehead atoms. The van der Waals surface area contributed by atoms with E-state index in [1.165, 1.54) is 10.8 Å². The Morgan fingerprint density at radius 2 is 1.29 bits per heavy atom. The minimum atomic E-state index is -1.44. The molecular weight excluding hydrogens is 276 g/mol. The average Bonchev–Trinajstić information content (AvgIpc) is 2.45. The molecule has 1 heterocycles. The Morgan fingerprint density at radius 1 is 0.857 bits per heavy atom. The largest absolute Gasteiger partial charge is 0.424 e. The van der Waals surface area contributed by atoms with Gasteiger partial charge in [0.15, 0.2) is 0 Å². The molecule has 0 aliphatic carbocycles. The summed E-state index contributed by atoms with van der Waals surface area (Å²) in [7, 11) is -1.44. The fraction of sp³-hybridized carbons (Fsp3) is 0.667. The van der Waals surface area contributed by atoms with E-state index in [0.29, 0.717) is 0 Å². The fourth-order valence-electron chi connectivity index (χ4n) is 2.45. The third kappa shape index (κ3) is 4.41. The molecule has 117 valence electrons. The lowest BCUT2D eigenvalue weighted by molar-refractivity contribution is 0.0709. The Kier molecular flexibility index (Phi) is 4.40. The van der Waals surface area contributed by atoms with Crippen LogP contribution in [0.15, 0.2) is 24.3 Å². The molecular formula is C18H29O2Si. The van der Waals surface area contributed by atoms with Gasteiger partial charge in [-0.25, -0.2) is 0 Å². The summed E-state index contributed by atoms with van der Waals surface area (Å²) in [4.78, 5) is 0. The highest BCUT2D eigenvalue weighted by molar-refractivity contribution is 6.61. The van der Waals surface area contributed by atoms with Crippen molar-refractivity contribution in [1.29, 1.82) is 0 Å². The van der Waals surface area contributed by atoms with E-state index in [9.17, 15) is 0 Å². The molecule has 0 spiro atoms. The first-order chi connectivity index (χ1) is 9.49. The van der Waals surface area contributed by atoms with Gasteiger partial charge >= 0.3 is 9.28 Å². The van der Waals surface area contributed by atoms with Crippen molar-refractivity contribution < 1.29 is 8.85 Å². The smallest absolute Gasteiger partial charge is 0.385 e. The summed E-state index contributed by atoms with van der Waals surface area (Å²) in [5, 5.41) is 1.20. The van der Waals surface area contributed by atoms with Crippen LogP contribution >= 0.6 is 0 Å². The summed E-state index contributed by atoms with van der Waals surface area (Å²) in [6.07, 6.45) is 2.07. The molecule has 21 heavy (non-hydrogen) atoms. The van der Waals surface area contributed by atoms with E-state index in [1.54, 1.807) is 0 Å². The van der Waals surface area contributed by atoms with Gasteiger partial charge in [0.2, 0.25) is 0 Å². The molecule has 0 atom stereocenters. The van der Waals surface area contributed by atoms with Crippen LogP contribution < -0.4 is 5.19 Å². The summed E-state index contributed by atoms with van der Waals surface area (Å²) in [6.45, 7) is 15.4. The highest BCUT2D eigenvalue weighted by Gasteiger charge is 2.38. The summed E-state index contributed by atoms with van der Waals surface area (Å²) < 4.78 is 12.7. The molecule has 1 aromatic rings. The topological polar surface area (TPSA) is 18.5 Å². The molecule has 0 saturated carbocycles. The van der Waals surface area contributed by atoms with Crippen molar-refractivity contribution >= 4 is 14.5 Å². The van der Waals surface area contributed by atoms with Crippen molar-refractivity contribution in [3.8, 4) is 0 Å². The molecule has 1 aliphatic heterocycles. The van der Waals surface area contributed by atoms with Gasteiger partial charge < -0.3 is 8.85 Å². The van der Waals surface area contributed by atoms with Gasteiger partial charge in [-0.15, -0.1) is 0 Å². The highest BCUT2D eigenvalue weighted by Crippen LogP contribution is 2.31. The SMILES string of the molecule is CC1(C)CCC(C)(C)O[Si](c2ccc(C(C)(C)C)cc2)O1. The maximum Gasteiger partial charge on any atom is 0.424 e. The Labute approximate surface area is 131 Å². The highest BCUT2D eigenvalue weighted by atomic mass is 28.3. The summed E-state index contributed by atoms with van der Waals surface area (Å²) in [5.41, 5.74) is 1.32. The van der Waals surface area contributed by atoms with E-state index in [1.807, 2.05) is 0 Å². The quantitative estimate of drug-likeness (QED) is 0.728. The number of rotatable bonds is 1. The molecule has 1 aliphatic rings. The molecule has 0 N–H and O–H groups in total. The molecule has 3 heteroatoms. The average molecular weight is 306 g/mol.